The van der Waals surface area contributed by atoms with Gasteiger partial charge >= 0.3 is 0 Å². The third kappa shape index (κ3) is 3.26. The van der Waals surface area contributed by atoms with Crippen LogP contribution in [0.4, 0.5) is 5.82 Å². The molecule has 0 bridgehead atoms. The molecular formula is C23H27N5O2. The lowest BCUT2D eigenvalue weighted by Crippen LogP contribution is -2.37. The molecule has 7 nitrogen and oxygen atoms in total. The Morgan fingerprint density at radius 1 is 0.867 bits per heavy atom. The van der Waals surface area contributed by atoms with Gasteiger partial charge in [-0.25, -0.2) is 9.97 Å². The zero-order valence-corrected chi connectivity index (χ0v) is 17.2. The third-order valence-corrected chi connectivity index (χ3v) is 6.52. The van der Waals surface area contributed by atoms with E-state index in [-0.39, 0.29) is 0 Å². The van der Waals surface area contributed by atoms with Gasteiger partial charge in [-0.2, -0.15) is 0 Å². The molecule has 0 amide bonds. The highest BCUT2D eigenvalue weighted by Crippen LogP contribution is 2.45. The van der Waals surface area contributed by atoms with Crippen LogP contribution < -0.4 is 4.90 Å². The van der Waals surface area contributed by atoms with Crippen molar-refractivity contribution in [2.24, 2.45) is 0 Å². The van der Waals surface area contributed by atoms with Gasteiger partial charge in [-0.05, 0) is 37.8 Å². The molecule has 0 N–H and O–H groups in total. The summed E-state index contributed by atoms with van der Waals surface area (Å²) >= 11 is 0. The van der Waals surface area contributed by atoms with Gasteiger partial charge in [0.25, 0.3) is 0 Å². The van der Waals surface area contributed by atoms with Crippen LogP contribution in [0.25, 0.3) is 16.9 Å². The normalized spacial score (nSPS) is 20.7. The van der Waals surface area contributed by atoms with Crippen LogP contribution in [-0.4, -0.2) is 58.9 Å². The van der Waals surface area contributed by atoms with E-state index in [1.807, 2.05) is 18.6 Å². The zero-order chi connectivity index (χ0) is 19.9. The van der Waals surface area contributed by atoms with Crippen molar-refractivity contribution < 1.29 is 9.47 Å². The Balaban J connectivity index is 1.41. The average Bonchev–Trinajstić information content (AvgIpc) is 3.60. The first kappa shape index (κ1) is 18.3. The van der Waals surface area contributed by atoms with Crippen LogP contribution in [0.3, 0.4) is 0 Å². The van der Waals surface area contributed by atoms with E-state index in [0.29, 0.717) is 11.8 Å². The second-order valence-electron chi connectivity index (χ2n) is 8.52. The van der Waals surface area contributed by atoms with E-state index in [9.17, 15) is 0 Å². The number of rotatable bonds is 4. The fourth-order valence-electron chi connectivity index (χ4n) is 4.69. The minimum absolute atomic E-state index is 0.509. The molecule has 0 unspecified atom stereocenters. The van der Waals surface area contributed by atoms with Crippen molar-refractivity contribution in [2.45, 2.75) is 37.5 Å². The molecule has 0 aromatic carbocycles. The smallest absolute Gasteiger partial charge is 0.181 e. The molecular weight excluding hydrogens is 378 g/mol. The molecule has 156 valence electrons. The van der Waals surface area contributed by atoms with E-state index in [1.54, 1.807) is 0 Å². The first-order chi connectivity index (χ1) is 14.9. The van der Waals surface area contributed by atoms with Crippen LogP contribution >= 0.6 is 0 Å². The topological polar surface area (TPSA) is 64.8 Å². The molecule has 2 saturated heterocycles. The molecule has 3 fully saturated rings. The fourth-order valence-corrected chi connectivity index (χ4v) is 4.69. The van der Waals surface area contributed by atoms with Crippen molar-refractivity contribution in [2.75, 3.05) is 44.4 Å². The van der Waals surface area contributed by atoms with E-state index in [2.05, 4.69) is 21.4 Å². The molecule has 3 aromatic rings. The quantitative estimate of drug-likeness (QED) is 0.663. The SMILES string of the molecule is c1cn2c(-c3ccc(C4CCOCC4)nc3)c(C3CC3)nc2c(N2CCOCC2)n1. The van der Waals surface area contributed by atoms with Crippen molar-refractivity contribution in [3.8, 4) is 11.3 Å². The monoisotopic (exact) mass is 405 g/mol. The summed E-state index contributed by atoms with van der Waals surface area (Å²) in [4.78, 5) is 17.0. The standard InChI is InChI=1S/C23H27N5O2/c1-2-17(1)20-21(18-3-4-19(25-15-18)16-5-11-29-12-6-16)28-8-7-24-22(23(28)26-20)27-9-13-30-14-10-27/h3-4,7-8,15-17H,1-2,5-6,9-14H2. The number of morpholine rings is 1. The maximum atomic E-state index is 5.53. The van der Waals surface area contributed by atoms with Crippen molar-refractivity contribution >= 4 is 11.5 Å². The summed E-state index contributed by atoms with van der Waals surface area (Å²) in [5.41, 5.74) is 5.64. The van der Waals surface area contributed by atoms with Crippen LogP contribution in [0, 0.1) is 0 Å². The molecule has 0 radical (unpaired) electrons. The number of ether oxygens (including phenoxy) is 2. The van der Waals surface area contributed by atoms with Gasteiger partial charge in [-0.3, -0.25) is 9.38 Å². The van der Waals surface area contributed by atoms with Crippen LogP contribution in [0.5, 0.6) is 0 Å². The number of anilines is 1. The minimum Gasteiger partial charge on any atom is -0.381 e. The summed E-state index contributed by atoms with van der Waals surface area (Å²) in [5, 5.41) is 0. The first-order valence-electron chi connectivity index (χ1n) is 11.1. The lowest BCUT2D eigenvalue weighted by molar-refractivity contribution is 0.0845. The molecule has 30 heavy (non-hydrogen) atoms. The van der Waals surface area contributed by atoms with Crippen molar-refractivity contribution in [3.05, 3.63) is 42.1 Å². The molecule has 2 aliphatic heterocycles. The number of pyridine rings is 1. The number of aromatic nitrogens is 4. The van der Waals surface area contributed by atoms with Crippen LogP contribution in [0.1, 0.15) is 48.9 Å². The Hall–Kier alpha value is -2.51. The predicted molar refractivity (Wildman–Crippen MR) is 114 cm³/mol. The number of hydrogen-bond donors (Lipinski definition) is 0. The molecule has 6 rings (SSSR count). The van der Waals surface area contributed by atoms with Crippen LogP contribution in [0.15, 0.2) is 30.7 Å². The summed E-state index contributed by atoms with van der Waals surface area (Å²) in [5.74, 6) is 2.02. The Morgan fingerprint density at radius 2 is 1.67 bits per heavy atom. The third-order valence-electron chi connectivity index (χ3n) is 6.52. The van der Waals surface area contributed by atoms with Gasteiger partial charge in [-0.1, -0.05) is 0 Å². The summed E-state index contributed by atoms with van der Waals surface area (Å²) in [6.45, 7) is 4.87. The van der Waals surface area contributed by atoms with Crippen molar-refractivity contribution in [3.63, 3.8) is 0 Å². The number of nitrogens with zero attached hydrogens (tertiary/aromatic N) is 5. The van der Waals surface area contributed by atoms with E-state index in [4.69, 9.17) is 24.4 Å². The van der Waals surface area contributed by atoms with Crippen LogP contribution in [0.2, 0.25) is 0 Å². The Kier molecular flexibility index (Phi) is 4.65. The van der Waals surface area contributed by atoms with Crippen LogP contribution in [-0.2, 0) is 9.47 Å². The van der Waals surface area contributed by atoms with E-state index < -0.39 is 0 Å². The molecule has 3 aromatic heterocycles. The molecule has 1 aliphatic carbocycles. The summed E-state index contributed by atoms with van der Waals surface area (Å²) < 4.78 is 13.3. The lowest BCUT2D eigenvalue weighted by Gasteiger charge is -2.27. The van der Waals surface area contributed by atoms with Gasteiger partial charge in [0.1, 0.15) is 0 Å². The summed E-state index contributed by atoms with van der Waals surface area (Å²) in [6, 6.07) is 4.42. The number of imidazole rings is 1. The van der Waals surface area contributed by atoms with Crippen molar-refractivity contribution in [1.82, 2.24) is 19.4 Å². The van der Waals surface area contributed by atoms with E-state index in [1.165, 1.54) is 29.9 Å². The van der Waals surface area contributed by atoms with Gasteiger partial charge in [0.15, 0.2) is 11.5 Å². The Bertz CT molecular complexity index is 1030. The fraction of sp³-hybridized carbons (Fsp3) is 0.522. The van der Waals surface area contributed by atoms with Gasteiger partial charge in [0, 0.05) is 68.0 Å². The summed E-state index contributed by atoms with van der Waals surface area (Å²) in [7, 11) is 0. The average molecular weight is 406 g/mol. The molecule has 7 heteroatoms. The number of fused-ring (bicyclic) bond motifs is 1. The van der Waals surface area contributed by atoms with E-state index in [0.717, 1.165) is 69.4 Å². The van der Waals surface area contributed by atoms with Gasteiger partial charge in [0.2, 0.25) is 0 Å². The number of hydrogen-bond acceptors (Lipinski definition) is 6. The minimum atomic E-state index is 0.509. The maximum Gasteiger partial charge on any atom is 0.181 e. The first-order valence-corrected chi connectivity index (χ1v) is 11.1. The van der Waals surface area contributed by atoms with Gasteiger partial charge in [0.05, 0.1) is 24.6 Å². The molecule has 0 spiro atoms. The molecule has 5 heterocycles. The molecule has 1 saturated carbocycles. The second kappa shape index (κ2) is 7.63. The lowest BCUT2D eigenvalue weighted by atomic mass is 9.95. The Morgan fingerprint density at radius 3 is 2.40 bits per heavy atom. The van der Waals surface area contributed by atoms with Crippen molar-refractivity contribution in [1.29, 1.82) is 0 Å². The van der Waals surface area contributed by atoms with E-state index >= 15 is 0 Å². The largest absolute Gasteiger partial charge is 0.381 e. The van der Waals surface area contributed by atoms with Gasteiger partial charge < -0.3 is 14.4 Å². The Labute approximate surface area is 176 Å². The highest BCUT2D eigenvalue weighted by Gasteiger charge is 2.32. The second-order valence-corrected chi connectivity index (χ2v) is 8.52. The highest BCUT2D eigenvalue weighted by molar-refractivity contribution is 5.74. The maximum absolute atomic E-state index is 5.53. The molecule has 0 atom stereocenters. The zero-order valence-electron chi connectivity index (χ0n) is 17.2. The molecule has 3 aliphatic rings. The van der Waals surface area contributed by atoms with Gasteiger partial charge in [-0.15, -0.1) is 0 Å². The summed E-state index contributed by atoms with van der Waals surface area (Å²) in [6.07, 6.45) is 10.5. The predicted octanol–water partition coefficient (Wildman–Crippen LogP) is 3.40. The highest BCUT2D eigenvalue weighted by atomic mass is 16.5.